The molecule has 0 unspecified atom stereocenters. The molecule has 0 aliphatic carbocycles. The second kappa shape index (κ2) is 6.38. The molecule has 1 saturated heterocycles. The average molecular weight is 336 g/mol. The molecule has 1 aromatic heterocycles. The Morgan fingerprint density at radius 1 is 1.25 bits per heavy atom. The molecule has 0 saturated carbocycles. The first-order chi connectivity index (χ1) is 11.5. The molecule has 1 atom stereocenters. The third-order valence-electron chi connectivity index (χ3n) is 3.95. The van der Waals surface area contributed by atoms with Crippen molar-refractivity contribution in [2.24, 2.45) is 0 Å². The van der Waals surface area contributed by atoms with Crippen LogP contribution in [-0.2, 0) is 4.79 Å². The number of piperidine rings is 1. The van der Waals surface area contributed by atoms with Gasteiger partial charge in [-0.3, -0.25) is 4.79 Å². The van der Waals surface area contributed by atoms with Gasteiger partial charge in [0.05, 0.1) is 0 Å². The van der Waals surface area contributed by atoms with Crippen LogP contribution >= 0.6 is 0 Å². The Bertz CT molecular complexity index is 770. The normalized spacial score (nSPS) is 17.8. The van der Waals surface area contributed by atoms with Crippen molar-refractivity contribution >= 4 is 11.9 Å². The van der Waals surface area contributed by atoms with Gasteiger partial charge in [-0.1, -0.05) is 6.07 Å². The second-order valence-electron chi connectivity index (χ2n) is 5.48. The number of aromatic nitrogens is 1. The number of carbonyl (C=O) groups is 2. The molecular formula is C16H14F2N2O4. The van der Waals surface area contributed by atoms with Gasteiger partial charge >= 0.3 is 5.97 Å². The van der Waals surface area contributed by atoms with E-state index in [1.165, 1.54) is 11.0 Å². The van der Waals surface area contributed by atoms with E-state index >= 15 is 0 Å². The molecule has 1 N–H and O–H groups in total. The van der Waals surface area contributed by atoms with E-state index in [4.69, 9.17) is 4.42 Å². The van der Waals surface area contributed by atoms with Crippen LogP contribution in [0.15, 0.2) is 28.9 Å². The molecule has 1 amide bonds. The van der Waals surface area contributed by atoms with Crippen molar-refractivity contribution < 1.29 is 27.9 Å². The number of rotatable bonds is 3. The molecule has 1 aliphatic heterocycles. The number of oxazole rings is 1. The molecule has 3 rings (SSSR count). The van der Waals surface area contributed by atoms with Crippen LogP contribution in [0.3, 0.4) is 0 Å². The Kier molecular flexibility index (Phi) is 4.28. The van der Waals surface area contributed by atoms with Gasteiger partial charge in [-0.05, 0) is 31.4 Å². The Morgan fingerprint density at radius 2 is 1.96 bits per heavy atom. The molecular weight excluding hydrogens is 322 g/mol. The molecule has 0 spiro atoms. The van der Waals surface area contributed by atoms with Crippen molar-refractivity contribution in [3.63, 3.8) is 0 Å². The SMILES string of the molecule is O=C(O)[C@H]1CCCCN1C(=O)c1coc(-c2c(F)cccc2F)n1. The van der Waals surface area contributed by atoms with E-state index in [0.717, 1.165) is 18.4 Å². The van der Waals surface area contributed by atoms with Crippen molar-refractivity contribution in [3.8, 4) is 11.5 Å². The zero-order chi connectivity index (χ0) is 17.3. The number of benzene rings is 1. The molecule has 126 valence electrons. The largest absolute Gasteiger partial charge is 0.480 e. The highest BCUT2D eigenvalue weighted by molar-refractivity contribution is 5.95. The lowest BCUT2D eigenvalue weighted by atomic mass is 10.0. The fourth-order valence-electron chi connectivity index (χ4n) is 2.77. The number of likely N-dealkylation sites (tertiary alicyclic amines) is 1. The van der Waals surface area contributed by atoms with E-state index in [9.17, 15) is 23.5 Å². The summed E-state index contributed by atoms with van der Waals surface area (Å²) >= 11 is 0. The number of nitrogens with zero attached hydrogens (tertiary/aromatic N) is 2. The summed E-state index contributed by atoms with van der Waals surface area (Å²) in [6.07, 6.45) is 2.73. The zero-order valence-corrected chi connectivity index (χ0v) is 12.5. The lowest BCUT2D eigenvalue weighted by Crippen LogP contribution is -2.48. The molecule has 1 fully saturated rings. The highest BCUT2D eigenvalue weighted by Crippen LogP contribution is 2.26. The summed E-state index contributed by atoms with van der Waals surface area (Å²) in [7, 11) is 0. The molecule has 1 aromatic carbocycles. The van der Waals surface area contributed by atoms with Gasteiger partial charge in [0, 0.05) is 6.54 Å². The van der Waals surface area contributed by atoms with Crippen LogP contribution in [-0.4, -0.2) is 39.5 Å². The zero-order valence-electron chi connectivity index (χ0n) is 12.5. The highest BCUT2D eigenvalue weighted by Gasteiger charge is 2.34. The first kappa shape index (κ1) is 16.1. The number of amides is 1. The van der Waals surface area contributed by atoms with E-state index < -0.39 is 35.1 Å². The Hall–Kier alpha value is -2.77. The fraction of sp³-hybridized carbons (Fsp3) is 0.312. The number of carboxylic acids is 1. The Morgan fingerprint density at radius 3 is 2.62 bits per heavy atom. The summed E-state index contributed by atoms with van der Waals surface area (Å²) in [4.78, 5) is 28.8. The van der Waals surface area contributed by atoms with Gasteiger partial charge in [-0.25, -0.2) is 18.6 Å². The van der Waals surface area contributed by atoms with Gasteiger partial charge in [-0.2, -0.15) is 0 Å². The quantitative estimate of drug-likeness (QED) is 0.932. The average Bonchev–Trinajstić information content (AvgIpc) is 3.03. The van der Waals surface area contributed by atoms with Crippen LogP contribution in [0.1, 0.15) is 29.8 Å². The third-order valence-corrected chi connectivity index (χ3v) is 3.95. The van der Waals surface area contributed by atoms with E-state index in [1.54, 1.807) is 0 Å². The number of carboxylic acid groups (broad SMARTS) is 1. The third kappa shape index (κ3) is 2.86. The number of hydrogen-bond acceptors (Lipinski definition) is 4. The van der Waals surface area contributed by atoms with Crippen molar-refractivity contribution in [1.82, 2.24) is 9.88 Å². The van der Waals surface area contributed by atoms with Gasteiger partial charge < -0.3 is 14.4 Å². The summed E-state index contributed by atoms with van der Waals surface area (Å²) in [6, 6.07) is 2.37. The lowest BCUT2D eigenvalue weighted by Gasteiger charge is -2.32. The predicted octanol–water partition coefficient (Wildman–Crippen LogP) is 2.70. The molecule has 24 heavy (non-hydrogen) atoms. The monoisotopic (exact) mass is 336 g/mol. The van der Waals surface area contributed by atoms with E-state index in [1.807, 2.05) is 0 Å². The van der Waals surface area contributed by atoms with Crippen LogP contribution in [0.4, 0.5) is 8.78 Å². The van der Waals surface area contributed by atoms with Crippen LogP contribution < -0.4 is 0 Å². The number of carbonyl (C=O) groups excluding carboxylic acids is 1. The number of halogens is 2. The molecule has 0 radical (unpaired) electrons. The van der Waals surface area contributed by atoms with Crippen LogP contribution in [0.2, 0.25) is 0 Å². The van der Waals surface area contributed by atoms with Gasteiger partial charge in [-0.15, -0.1) is 0 Å². The van der Waals surface area contributed by atoms with Gasteiger partial charge in [0.2, 0.25) is 5.89 Å². The Balaban J connectivity index is 1.90. The molecule has 2 heterocycles. The maximum atomic E-state index is 13.8. The highest BCUT2D eigenvalue weighted by atomic mass is 19.1. The number of aliphatic carboxylic acids is 1. The first-order valence-electron chi connectivity index (χ1n) is 7.42. The van der Waals surface area contributed by atoms with Crippen molar-refractivity contribution in [2.45, 2.75) is 25.3 Å². The summed E-state index contributed by atoms with van der Waals surface area (Å²) in [6.45, 7) is 0.284. The minimum absolute atomic E-state index is 0.180. The van der Waals surface area contributed by atoms with Crippen molar-refractivity contribution in [2.75, 3.05) is 6.54 Å². The predicted molar refractivity (Wildman–Crippen MR) is 78.2 cm³/mol. The molecule has 6 nitrogen and oxygen atoms in total. The van der Waals surface area contributed by atoms with Gasteiger partial charge in [0.1, 0.15) is 29.5 Å². The summed E-state index contributed by atoms with van der Waals surface area (Å²) in [5, 5.41) is 9.22. The first-order valence-corrected chi connectivity index (χ1v) is 7.42. The van der Waals surface area contributed by atoms with Crippen LogP contribution in [0.25, 0.3) is 11.5 Å². The molecule has 1 aliphatic rings. The van der Waals surface area contributed by atoms with Gasteiger partial charge in [0.25, 0.3) is 5.91 Å². The van der Waals surface area contributed by atoms with Crippen LogP contribution in [0.5, 0.6) is 0 Å². The van der Waals surface area contributed by atoms with E-state index in [-0.39, 0.29) is 18.1 Å². The minimum atomic E-state index is -1.09. The minimum Gasteiger partial charge on any atom is -0.480 e. The lowest BCUT2D eigenvalue weighted by molar-refractivity contribution is -0.143. The van der Waals surface area contributed by atoms with Crippen molar-refractivity contribution in [3.05, 3.63) is 41.8 Å². The fourth-order valence-corrected chi connectivity index (χ4v) is 2.77. The molecule has 8 heteroatoms. The van der Waals surface area contributed by atoms with Crippen LogP contribution in [0, 0.1) is 11.6 Å². The van der Waals surface area contributed by atoms with E-state index in [0.29, 0.717) is 19.3 Å². The van der Waals surface area contributed by atoms with E-state index in [2.05, 4.69) is 4.98 Å². The Labute approximate surface area is 135 Å². The summed E-state index contributed by atoms with van der Waals surface area (Å²) in [5.41, 5.74) is -0.647. The number of hydrogen-bond donors (Lipinski definition) is 1. The topological polar surface area (TPSA) is 83.6 Å². The summed E-state index contributed by atoms with van der Waals surface area (Å²) in [5.74, 6) is -3.81. The van der Waals surface area contributed by atoms with Crippen molar-refractivity contribution in [1.29, 1.82) is 0 Å². The molecule has 2 aromatic rings. The summed E-state index contributed by atoms with van der Waals surface area (Å²) < 4.78 is 32.5. The second-order valence-corrected chi connectivity index (χ2v) is 5.48. The maximum Gasteiger partial charge on any atom is 0.326 e. The standard InChI is InChI=1S/C16H14F2N2O4/c17-9-4-3-5-10(18)13(9)14-19-11(8-24-14)15(21)20-7-2-1-6-12(20)16(22)23/h3-5,8,12H,1-2,6-7H2,(H,22,23)/t12-/m1/s1. The smallest absolute Gasteiger partial charge is 0.326 e. The molecule has 0 bridgehead atoms. The van der Waals surface area contributed by atoms with Gasteiger partial charge in [0.15, 0.2) is 5.69 Å². The maximum absolute atomic E-state index is 13.8.